The molecule has 3 N–H and O–H groups in total. The molecule has 0 spiro atoms. The van der Waals surface area contributed by atoms with Crippen molar-refractivity contribution in [3.05, 3.63) is 12.7 Å². The summed E-state index contributed by atoms with van der Waals surface area (Å²) < 4.78 is 5.08. The van der Waals surface area contributed by atoms with Crippen LogP contribution in [-0.4, -0.2) is 53.3 Å². The summed E-state index contributed by atoms with van der Waals surface area (Å²) in [5, 5.41) is 0. The number of H-pyrrole nitrogens is 1. The normalized spacial score (nSPS) is 10.9. The van der Waals surface area contributed by atoms with Crippen LogP contribution >= 0.6 is 0 Å². The van der Waals surface area contributed by atoms with E-state index in [1.807, 2.05) is 0 Å². The predicted octanol–water partition coefficient (Wildman–Crippen LogP) is -0.236. The second-order valence-electron chi connectivity index (χ2n) is 3.57. The third-order valence-corrected chi connectivity index (χ3v) is 2.47. The summed E-state index contributed by atoms with van der Waals surface area (Å²) in [4.78, 5) is 17.6. The van der Waals surface area contributed by atoms with Crippen molar-refractivity contribution in [2.24, 2.45) is 5.73 Å². The van der Waals surface area contributed by atoms with E-state index in [1.165, 1.54) is 6.33 Å². The van der Waals surface area contributed by atoms with Crippen molar-refractivity contribution in [3.63, 3.8) is 0 Å². The van der Waals surface area contributed by atoms with Crippen LogP contribution in [0.4, 0.5) is 5.82 Å². The van der Waals surface area contributed by atoms with E-state index < -0.39 is 0 Å². The van der Waals surface area contributed by atoms with Crippen molar-refractivity contribution in [3.8, 4) is 0 Å². The van der Waals surface area contributed by atoms with E-state index in [0.29, 0.717) is 25.3 Å². The van der Waals surface area contributed by atoms with Gasteiger partial charge >= 0.3 is 0 Å². The first-order chi connectivity index (χ1) is 8.36. The van der Waals surface area contributed by atoms with E-state index in [2.05, 4.69) is 24.8 Å². The third-order valence-electron chi connectivity index (χ3n) is 2.47. The van der Waals surface area contributed by atoms with Crippen LogP contribution in [0, 0.1) is 0 Å². The van der Waals surface area contributed by atoms with Gasteiger partial charge in [0.25, 0.3) is 0 Å². The number of ether oxygens (including phenoxy) is 1. The van der Waals surface area contributed by atoms with Crippen molar-refractivity contribution < 1.29 is 4.74 Å². The summed E-state index contributed by atoms with van der Waals surface area (Å²) in [6, 6.07) is 0. The Hall–Kier alpha value is -1.73. The summed E-state index contributed by atoms with van der Waals surface area (Å²) in [6.45, 7) is 2.64. The Bertz CT molecular complexity index is 471. The Balaban J connectivity index is 2.30. The number of nitrogens with zero attached hydrogens (tertiary/aromatic N) is 4. The first kappa shape index (κ1) is 11.7. The third kappa shape index (κ3) is 2.51. The standard InChI is InChI=1S/C10H16N6O/c1-17-5-4-16(3-2-11)10-8-9(13-6-12-8)14-7-15-10/h6-7H,2-5,11H2,1H3,(H,12,13,14,15). The first-order valence-electron chi connectivity index (χ1n) is 5.45. The van der Waals surface area contributed by atoms with Gasteiger partial charge < -0.3 is 20.4 Å². The van der Waals surface area contributed by atoms with Gasteiger partial charge in [-0.15, -0.1) is 0 Å². The highest BCUT2D eigenvalue weighted by Gasteiger charge is 2.12. The Morgan fingerprint density at radius 3 is 3.00 bits per heavy atom. The van der Waals surface area contributed by atoms with Gasteiger partial charge in [0.15, 0.2) is 11.5 Å². The van der Waals surface area contributed by atoms with Crippen LogP contribution in [0.25, 0.3) is 11.2 Å². The zero-order valence-electron chi connectivity index (χ0n) is 9.76. The fourth-order valence-corrected chi connectivity index (χ4v) is 1.67. The van der Waals surface area contributed by atoms with E-state index in [1.54, 1.807) is 13.4 Å². The molecular weight excluding hydrogens is 220 g/mol. The number of fused-ring (bicyclic) bond motifs is 1. The van der Waals surface area contributed by atoms with E-state index in [0.717, 1.165) is 17.9 Å². The molecule has 0 saturated carbocycles. The molecule has 0 fully saturated rings. The van der Waals surface area contributed by atoms with Crippen LogP contribution in [0.3, 0.4) is 0 Å². The lowest BCUT2D eigenvalue weighted by molar-refractivity contribution is 0.205. The second kappa shape index (κ2) is 5.55. The number of imidazole rings is 1. The first-order valence-corrected chi connectivity index (χ1v) is 5.45. The zero-order chi connectivity index (χ0) is 12.1. The minimum absolute atomic E-state index is 0.559. The molecule has 17 heavy (non-hydrogen) atoms. The van der Waals surface area contributed by atoms with Crippen molar-refractivity contribution >= 4 is 17.0 Å². The summed E-state index contributed by atoms with van der Waals surface area (Å²) in [5.41, 5.74) is 7.10. The molecule has 2 aromatic rings. The molecule has 92 valence electrons. The SMILES string of the molecule is COCCN(CCN)c1ncnc2nc[nH]c12. The molecule has 0 aliphatic carbocycles. The maximum absolute atomic E-state index is 5.61. The van der Waals surface area contributed by atoms with Gasteiger partial charge in [-0.2, -0.15) is 0 Å². The minimum Gasteiger partial charge on any atom is -0.383 e. The number of anilines is 1. The molecular formula is C10H16N6O. The number of methoxy groups -OCH3 is 1. The van der Waals surface area contributed by atoms with E-state index in [-0.39, 0.29) is 0 Å². The van der Waals surface area contributed by atoms with Gasteiger partial charge in [0, 0.05) is 26.7 Å². The molecule has 0 saturated heterocycles. The largest absolute Gasteiger partial charge is 0.383 e. The Labute approximate surface area is 99.0 Å². The van der Waals surface area contributed by atoms with Crippen LogP contribution in [0.1, 0.15) is 0 Å². The van der Waals surface area contributed by atoms with E-state index >= 15 is 0 Å². The van der Waals surface area contributed by atoms with Gasteiger partial charge in [-0.25, -0.2) is 15.0 Å². The Morgan fingerprint density at radius 2 is 2.24 bits per heavy atom. The number of hydrogen-bond donors (Lipinski definition) is 2. The van der Waals surface area contributed by atoms with Crippen molar-refractivity contribution in [2.45, 2.75) is 0 Å². The van der Waals surface area contributed by atoms with Crippen molar-refractivity contribution in [2.75, 3.05) is 38.3 Å². The molecule has 2 aromatic heterocycles. The number of nitrogens with one attached hydrogen (secondary N) is 1. The number of nitrogens with two attached hydrogens (primary N) is 1. The van der Waals surface area contributed by atoms with Gasteiger partial charge in [-0.05, 0) is 0 Å². The van der Waals surface area contributed by atoms with E-state index in [4.69, 9.17) is 10.5 Å². The molecule has 0 aliphatic heterocycles. The zero-order valence-corrected chi connectivity index (χ0v) is 9.76. The quantitative estimate of drug-likeness (QED) is 0.719. The maximum Gasteiger partial charge on any atom is 0.182 e. The molecule has 0 aromatic carbocycles. The van der Waals surface area contributed by atoms with Gasteiger partial charge in [0.05, 0.1) is 12.9 Å². The highest BCUT2D eigenvalue weighted by molar-refractivity contribution is 5.82. The van der Waals surface area contributed by atoms with Crippen LogP contribution in [0.5, 0.6) is 0 Å². The summed E-state index contributed by atoms with van der Waals surface area (Å²) in [7, 11) is 1.67. The lowest BCUT2D eigenvalue weighted by atomic mass is 10.4. The molecule has 2 rings (SSSR count). The average molecular weight is 236 g/mol. The fraction of sp³-hybridized carbons (Fsp3) is 0.500. The van der Waals surface area contributed by atoms with Gasteiger partial charge in [-0.1, -0.05) is 0 Å². The maximum atomic E-state index is 5.61. The van der Waals surface area contributed by atoms with Gasteiger partial charge in [-0.3, -0.25) is 0 Å². The summed E-state index contributed by atoms with van der Waals surface area (Å²) in [6.07, 6.45) is 3.12. The number of aromatic nitrogens is 4. The molecule has 0 unspecified atom stereocenters. The van der Waals surface area contributed by atoms with Crippen molar-refractivity contribution in [1.82, 2.24) is 19.9 Å². The second-order valence-corrected chi connectivity index (χ2v) is 3.57. The molecule has 7 heteroatoms. The Morgan fingerprint density at radius 1 is 1.35 bits per heavy atom. The molecule has 2 heterocycles. The van der Waals surface area contributed by atoms with Crippen LogP contribution < -0.4 is 10.6 Å². The molecule has 0 bridgehead atoms. The topological polar surface area (TPSA) is 93.0 Å². The molecule has 0 atom stereocenters. The van der Waals surface area contributed by atoms with Gasteiger partial charge in [0.2, 0.25) is 0 Å². The number of rotatable bonds is 6. The molecule has 0 radical (unpaired) electrons. The van der Waals surface area contributed by atoms with Crippen LogP contribution in [0.2, 0.25) is 0 Å². The smallest absolute Gasteiger partial charge is 0.182 e. The number of hydrogen-bond acceptors (Lipinski definition) is 6. The fourth-order valence-electron chi connectivity index (χ4n) is 1.67. The van der Waals surface area contributed by atoms with Crippen LogP contribution in [-0.2, 0) is 4.74 Å². The lowest BCUT2D eigenvalue weighted by Crippen LogP contribution is -2.33. The number of aromatic amines is 1. The van der Waals surface area contributed by atoms with Gasteiger partial charge in [0.1, 0.15) is 11.8 Å². The highest BCUT2D eigenvalue weighted by atomic mass is 16.5. The predicted molar refractivity (Wildman–Crippen MR) is 64.8 cm³/mol. The average Bonchev–Trinajstić information content (AvgIpc) is 2.82. The Kier molecular flexibility index (Phi) is 3.84. The molecule has 0 amide bonds. The van der Waals surface area contributed by atoms with Crippen LogP contribution in [0.15, 0.2) is 12.7 Å². The molecule has 0 aliphatic rings. The monoisotopic (exact) mass is 236 g/mol. The van der Waals surface area contributed by atoms with Crippen molar-refractivity contribution in [1.29, 1.82) is 0 Å². The summed E-state index contributed by atoms with van der Waals surface area (Å²) in [5.74, 6) is 0.815. The minimum atomic E-state index is 0.559. The highest BCUT2D eigenvalue weighted by Crippen LogP contribution is 2.18. The molecule has 7 nitrogen and oxygen atoms in total. The summed E-state index contributed by atoms with van der Waals surface area (Å²) >= 11 is 0. The van der Waals surface area contributed by atoms with E-state index in [9.17, 15) is 0 Å². The lowest BCUT2D eigenvalue weighted by Gasteiger charge is -2.22.